The van der Waals surface area contributed by atoms with E-state index in [9.17, 15) is 9.59 Å². The number of halogens is 1. The van der Waals surface area contributed by atoms with Gasteiger partial charge in [0, 0.05) is 6.54 Å². The molecule has 0 bridgehead atoms. The van der Waals surface area contributed by atoms with Gasteiger partial charge in [-0.1, -0.05) is 27.7 Å². The number of carbonyl (C=O) groups excluding carboxylic acids is 1. The van der Waals surface area contributed by atoms with E-state index in [-0.39, 0.29) is 36.8 Å². The van der Waals surface area contributed by atoms with Crippen LogP contribution >= 0.6 is 12.4 Å². The molecule has 2 N–H and O–H groups in total. The van der Waals surface area contributed by atoms with Crippen LogP contribution < -0.4 is 5.32 Å². The molecule has 6 heteroatoms. The predicted molar refractivity (Wildman–Crippen MR) is 78.7 cm³/mol. The van der Waals surface area contributed by atoms with Gasteiger partial charge in [-0.05, 0) is 24.8 Å². The molecule has 0 aromatic carbocycles. The number of carboxylic acid groups (broad SMARTS) is 1. The second-order valence-electron chi connectivity index (χ2n) is 5.77. The Morgan fingerprint density at radius 3 is 2.21 bits per heavy atom. The maximum absolute atomic E-state index is 11.6. The molecule has 0 heterocycles. The molecule has 0 rings (SSSR count). The highest BCUT2D eigenvalue weighted by Crippen LogP contribution is 2.16. The molecule has 5 nitrogen and oxygen atoms in total. The van der Waals surface area contributed by atoms with E-state index in [4.69, 9.17) is 5.11 Å². The lowest BCUT2D eigenvalue weighted by Crippen LogP contribution is -2.40. The van der Waals surface area contributed by atoms with Crippen molar-refractivity contribution >= 4 is 24.3 Å². The number of nitrogens with one attached hydrogen (secondary N) is 1. The van der Waals surface area contributed by atoms with Crippen LogP contribution in [0.25, 0.3) is 0 Å². The normalized spacial score (nSPS) is 11.0. The largest absolute Gasteiger partial charge is 0.480 e. The van der Waals surface area contributed by atoms with E-state index in [1.807, 2.05) is 6.92 Å². The molecule has 1 amide bonds. The number of carboxylic acids is 1. The van der Waals surface area contributed by atoms with Gasteiger partial charge in [0.1, 0.15) is 0 Å². The Morgan fingerprint density at radius 2 is 1.79 bits per heavy atom. The summed E-state index contributed by atoms with van der Waals surface area (Å²) in [6.45, 7) is 9.65. The molecule has 0 aromatic heterocycles. The molecule has 0 aliphatic rings. The van der Waals surface area contributed by atoms with Crippen molar-refractivity contribution in [1.29, 1.82) is 0 Å². The number of nitrogens with zero attached hydrogens (tertiary/aromatic N) is 1. The minimum Gasteiger partial charge on any atom is -0.480 e. The van der Waals surface area contributed by atoms with Crippen LogP contribution in [0.1, 0.15) is 40.5 Å². The molecule has 0 aromatic rings. The molecule has 0 saturated carbocycles. The second kappa shape index (κ2) is 10.0. The average molecular weight is 295 g/mol. The van der Waals surface area contributed by atoms with E-state index in [1.54, 1.807) is 4.90 Å². The zero-order valence-corrected chi connectivity index (χ0v) is 13.2. The maximum atomic E-state index is 11.6. The third kappa shape index (κ3) is 13.4. The third-order valence-electron chi connectivity index (χ3n) is 2.46. The maximum Gasteiger partial charge on any atom is 0.317 e. The highest BCUT2D eigenvalue weighted by molar-refractivity contribution is 5.85. The highest BCUT2D eigenvalue weighted by Gasteiger charge is 2.14. The van der Waals surface area contributed by atoms with Gasteiger partial charge in [-0.15, -0.1) is 12.4 Å². The van der Waals surface area contributed by atoms with Gasteiger partial charge in [0.05, 0.1) is 13.1 Å². The predicted octanol–water partition coefficient (Wildman–Crippen LogP) is 1.76. The van der Waals surface area contributed by atoms with E-state index in [1.165, 1.54) is 0 Å². The molecule has 0 aliphatic carbocycles. The van der Waals surface area contributed by atoms with Crippen LogP contribution in [0.5, 0.6) is 0 Å². The summed E-state index contributed by atoms with van der Waals surface area (Å²) >= 11 is 0. The van der Waals surface area contributed by atoms with Crippen molar-refractivity contribution in [3.05, 3.63) is 0 Å². The van der Waals surface area contributed by atoms with Gasteiger partial charge in [0.25, 0.3) is 0 Å². The van der Waals surface area contributed by atoms with E-state index < -0.39 is 5.97 Å². The molecular formula is C13H27ClN2O3. The van der Waals surface area contributed by atoms with Crippen LogP contribution in [-0.2, 0) is 9.59 Å². The summed E-state index contributed by atoms with van der Waals surface area (Å²) in [7, 11) is 0. The van der Waals surface area contributed by atoms with Crippen LogP contribution in [0.3, 0.4) is 0 Å². The Kier molecular flexibility index (Phi) is 10.8. The zero-order chi connectivity index (χ0) is 14.2. The molecule has 0 spiro atoms. The Labute approximate surface area is 122 Å². The fourth-order valence-corrected chi connectivity index (χ4v) is 1.56. The van der Waals surface area contributed by atoms with Crippen molar-refractivity contribution in [2.45, 2.75) is 40.5 Å². The standard InChI is InChI=1S/C13H26N2O3.ClH/c1-5-8-15(10-12(17)18)9-11(16)14-7-6-13(2,3)4;/h5-10H2,1-4H3,(H,14,16)(H,17,18);1H. The fourth-order valence-electron chi connectivity index (χ4n) is 1.56. The quantitative estimate of drug-likeness (QED) is 0.716. The molecule has 0 unspecified atom stereocenters. The van der Waals surface area contributed by atoms with Crippen LogP contribution in [0.4, 0.5) is 0 Å². The fraction of sp³-hybridized carbons (Fsp3) is 0.846. The van der Waals surface area contributed by atoms with Gasteiger partial charge >= 0.3 is 5.97 Å². The van der Waals surface area contributed by atoms with E-state index in [2.05, 4.69) is 26.1 Å². The molecule has 0 radical (unpaired) electrons. The molecule has 0 aliphatic heterocycles. The van der Waals surface area contributed by atoms with Gasteiger partial charge in [0.2, 0.25) is 5.91 Å². The van der Waals surface area contributed by atoms with Gasteiger partial charge in [0.15, 0.2) is 0 Å². The van der Waals surface area contributed by atoms with Gasteiger partial charge < -0.3 is 10.4 Å². The lowest BCUT2D eigenvalue weighted by atomic mass is 9.92. The summed E-state index contributed by atoms with van der Waals surface area (Å²) < 4.78 is 0. The summed E-state index contributed by atoms with van der Waals surface area (Å²) in [5.41, 5.74) is 0.192. The molecule has 19 heavy (non-hydrogen) atoms. The number of aliphatic carboxylic acids is 1. The van der Waals surface area contributed by atoms with Crippen molar-refractivity contribution in [3.8, 4) is 0 Å². The van der Waals surface area contributed by atoms with E-state index in [0.717, 1.165) is 12.8 Å². The number of rotatable bonds is 8. The van der Waals surface area contributed by atoms with Crippen molar-refractivity contribution < 1.29 is 14.7 Å². The van der Waals surface area contributed by atoms with Crippen LogP contribution in [-0.4, -0.2) is 48.1 Å². The Hall–Kier alpha value is -0.810. The van der Waals surface area contributed by atoms with Crippen LogP contribution in [0.2, 0.25) is 0 Å². The minimum absolute atomic E-state index is 0. The van der Waals surface area contributed by atoms with Crippen molar-refractivity contribution in [3.63, 3.8) is 0 Å². The lowest BCUT2D eigenvalue weighted by molar-refractivity contribution is -0.138. The zero-order valence-electron chi connectivity index (χ0n) is 12.4. The number of hydrogen-bond acceptors (Lipinski definition) is 3. The first-order chi connectivity index (χ1) is 8.24. The van der Waals surface area contributed by atoms with Crippen LogP contribution in [0.15, 0.2) is 0 Å². The van der Waals surface area contributed by atoms with Crippen molar-refractivity contribution in [1.82, 2.24) is 10.2 Å². The monoisotopic (exact) mass is 294 g/mol. The van der Waals surface area contributed by atoms with Crippen molar-refractivity contribution in [2.24, 2.45) is 5.41 Å². The lowest BCUT2D eigenvalue weighted by Gasteiger charge is -2.21. The van der Waals surface area contributed by atoms with Gasteiger partial charge in [-0.3, -0.25) is 14.5 Å². The van der Waals surface area contributed by atoms with E-state index in [0.29, 0.717) is 13.1 Å². The molecule has 0 atom stereocenters. The summed E-state index contributed by atoms with van der Waals surface area (Å²) in [5.74, 6) is -1.00. The molecule has 0 fully saturated rings. The topological polar surface area (TPSA) is 69.6 Å². The summed E-state index contributed by atoms with van der Waals surface area (Å²) in [6, 6.07) is 0. The first kappa shape index (κ1) is 20.5. The molecular weight excluding hydrogens is 268 g/mol. The second-order valence-corrected chi connectivity index (χ2v) is 5.77. The number of carbonyl (C=O) groups is 2. The summed E-state index contributed by atoms with van der Waals surface area (Å²) in [6.07, 6.45) is 1.74. The Bertz CT molecular complexity index is 278. The van der Waals surface area contributed by atoms with Gasteiger partial charge in [-0.2, -0.15) is 0 Å². The molecule has 0 saturated heterocycles. The van der Waals surface area contributed by atoms with Crippen molar-refractivity contribution in [2.75, 3.05) is 26.2 Å². The number of amides is 1. The SMILES string of the molecule is CCCN(CC(=O)O)CC(=O)NCCC(C)(C)C.Cl. The smallest absolute Gasteiger partial charge is 0.317 e. The first-order valence-corrected chi connectivity index (χ1v) is 6.45. The average Bonchev–Trinajstić information content (AvgIpc) is 2.14. The summed E-state index contributed by atoms with van der Waals surface area (Å²) in [4.78, 5) is 23.9. The highest BCUT2D eigenvalue weighted by atomic mass is 35.5. The number of hydrogen-bond donors (Lipinski definition) is 2. The first-order valence-electron chi connectivity index (χ1n) is 6.45. The van der Waals surface area contributed by atoms with E-state index >= 15 is 0 Å². The van der Waals surface area contributed by atoms with Crippen LogP contribution in [0, 0.1) is 5.41 Å². The minimum atomic E-state index is -0.897. The molecule has 114 valence electrons. The third-order valence-corrected chi connectivity index (χ3v) is 2.46. The summed E-state index contributed by atoms with van der Waals surface area (Å²) in [5, 5.41) is 11.6. The van der Waals surface area contributed by atoms with Gasteiger partial charge in [-0.25, -0.2) is 0 Å². The Morgan fingerprint density at radius 1 is 1.21 bits per heavy atom. The Balaban J connectivity index is 0.